The number of hydrogen-bond acceptors (Lipinski definition) is 0. The molecule has 0 amide bonds. The molecule has 1 saturated heterocycles. The predicted molar refractivity (Wildman–Crippen MR) is 119 cm³/mol. The number of hydrogen-bond donors (Lipinski definition) is 0. The summed E-state index contributed by atoms with van der Waals surface area (Å²) in [5.74, 6) is 7.20. The molecule has 1 aliphatic heterocycles. The Morgan fingerprint density at radius 1 is 0.852 bits per heavy atom. The molecule has 0 aromatic carbocycles. The molecule has 0 spiro atoms. The summed E-state index contributed by atoms with van der Waals surface area (Å²) in [6.07, 6.45) is 15.4. The van der Waals surface area contributed by atoms with Crippen molar-refractivity contribution in [3.05, 3.63) is 0 Å². The Hall–Kier alpha value is 0.519. The van der Waals surface area contributed by atoms with E-state index in [-0.39, 0.29) is 0 Å². The van der Waals surface area contributed by atoms with E-state index in [9.17, 15) is 0 Å². The van der Waals surface area contributed by atoms with Crippen LogP contribution in [0.15, 0.2) is 0 Å². The molecule has 8 atom stereocenters. The fourth-order valence-corrected chi connectivity index (χ4v) is 12.1. The van der Waals surface area contributed by atoms with E-state index in [1.54, 1.807) is 55.6 Å². The average molecular weight is 438 g/mol. The van der Waals surface area contributed by atoms with Crippen LogP contribution < -0.4 is 0 Å². The van der Waals surface area contributed by atoms with Crippen LogP contribution in [0.4, 0.5) is 0 Å². The molecule has 27 heavy (non-hydrogen) atoms. The van der Waals surface area contributed by atoms with Crippen molar-refractivity contribution < 1.29 is 0 Å². The van der Waals surface area contributed by atoms with Gasteiger partial charge in [-0.2, -0.15) is 0 Å². The number of fused-ring (bicyclic) bond motifs is 5. The molecular weight excluding hydrogens is 391 g/mol. The molecule has 0 radical (unpaired) electrons. The van der Waals surface area contributed by atoms with Crippen LogP contribution >= 0.6 is 0 Å². The van der Waals surface area contributed by atoms with Crippen LogP contribution in [0, 0.1) is 52.3 Å². The van der Waals surface area contributed by atoms with Gasteiger partial charge in [0.2, 0.25) is 0 Å². The zero-order valence-electron chi connectivity index (χ0n) is 18.9. The standard InChI is InChI=1S/C26H46Se/c1-18(2)7-6-8-19(3)22-11-12-23-21-10-9-20-17-27-16-15-25(20,4)24(21)13-14-26(22,23)5/h18-24H,6-17H2,1-5H3/t19-,20?,21?,22-,23?,24?,25+,26-/m1/s1. The summed E-state index contributed by atoms with van der Waals surface area (Å²) in [5.41, 5.74) is 1.41. The average Bonchev–Trinajstić information content (AvgIpc) is 2.98. The second kappa shape index (κ2) is 7.98. The summed E-state index contributed by atoms with van der Waals surface area (Å²) in [5, 5.41) is 3.20. The van der Waals surface area contributed by atoms with Crippen LogP contribution in [-0.2, 0) is 0 Å². The van der Waals surface area contributed by atoms with Crippen LogP contribution in [0.3, 0.4) is 0 Å². The van der Waals surface area contributed by atoms with E-state index >= 15 is 0 Å². The maximum atomic E-state index is 2.75. The van der Waals surface area contributed by atoms with Crippen molar-refractivity contribution in [3.63, 3.8) is 0 Å². The minimum atomic E-state index is 0.681. The third-order valence-corrected chi connectivity index (χ3v) is 12.7. The van der Waals surface area contributed by atoms with Gasteiger partial charge < -0.3 is 0 Å². The summed E-state index contributed by atoms with van der Waals surface area (Å²) in [6.45, 7) is 12.9. The van der Waals surface area contributed by atoms with E-state index in [1.807, 2.05) is 0 Å². The first-order chi connectivity index (χ1) is 12.9. The van der Waals surface area contributed by atoms with Crippen LogP contribution in [0.1, 0.15) is 98.8 Å². The summed E-state index contributed by atoms with van der Waals surface area (Å²) in [6, 6.07) is 0. The van der Waals surface area contributed by atoms with Gasteiger partial charge >= 0.3 is 157 Å². The SMILES string of the molecule is CC(C)CCC[C@@H](C)[C@H]1CCC2C3CCC4C[Se]CC[C@]4(C)C3CC[C@@]21C. The second-order valence-electron chi connectivity index (χ2n) is 12.0. The molecule has 4 fully saturated rings. The third-order valence-electron chi connectivity index (χ3n) is 10.4. The first kappa shape index (κ1) is 20.8. The van der Waals surface area contributed by atoms with E-state index in [0.717, 1.165) is 61.8 Å². The zero-order chi connectivity index (χ0) is 19.2. The molecule has 0 aromatic rings. The van der Waals surface area contributed by atoms with Crippen molar-refractivity contribution in [2.24, 2.45) is 52.3 Å². The number of rotatable bonds is 5. The van der Waals surface area contributed by atoms with Gasteiger partial charge in [-0.15, -0.1) is 0 Å². The molecule has 4 aliphatic rings. The summed E-state index contributed by atoms with van der Waals surface area (Å²) >= 11 is 0.976. The van der Waals surface area contributed by atoms with E-state index in [4.69, 9.17) is 0 Å². The molecule has 3 saturated carbocycles. The van der Waals surface area contributed by atoms with Gasteiger partial charge in [-0.25, -0.2) is 0 Å². The molecule has 1 heterocycles. The molecule has 3 aliphatic carbocycles. The molecule has 4 rings (SSSR count). The molecule has 0 aromatic heterocycles. The van der Waals surface area contributed by atoms with Crippen molar-refractivity contribution in [2.45, 2.75) is 109 Å². The molecule has 0 N–H and O–H groups in total. The minimum absolute atomic E-state index is 0.681. The van der Waals surface area contributed by atoms with Gasteiger partial charge in [-0.3, -0.25) is 0 Å². The van der Waals surface area contributed by atoms with Crippen molar-refractivity contribution in [2.75, 3.05) is 0 Å². The quantitative estimate of drug-likeness (QED) is 0.384. The van der Waals surface area contributed by atoms with Gasteiger partial charge in [0.25, 0.3) is 0 Å². The molecule has 1 heteroatoms. The van der Waals surface area contributed by atoms with Crippen LogP contribution in [-0.4, -0.2) is 15.0 Å². The fourth-order valence-electron chi connectivity index (χ4n) is 8.74. The van der Waals surface area contributed by atoms with E-state index in [1.165, 1.54) is 19.3 Å². The van der Waals surface area contributed by atoms with Crippen molar-refractivity contribution in [3.8, 4) is 0 Å². The van der Waals surface area contributed by atoms with Gasteiger partial charge in [-0.05, 0) is 5.92 Å². The molecule has 4 unspecified atom stereocenters. The van der Waals surface area contributed by atoms with E-state index in [2.05, 4.69) is 34.6 Å². The Balaban J connectivity index is 1.46. The second-order valence-corrected chi connectivity index (χ2v) is 14.4. The Labute approximate surface area is 176 Å². The Kier molecular flexibility index (Phi) is 6.14. The van der Waals surface area contributed by atoms with Crippen LogP contribution in [0.2, 0.25) is 10.6 Å². The molecular formula is C26H46Se. The Morgan fingerprint density at radius 2 is 1.63 bits per heavy atom. The molecule has 0 nitrogen and oxygen atoms in total. The van der Waals surface area contributed by atoms with Crippen molar-refractivity contribution >= 4 is 15.0 Å². The Morgan fingerprint density at radius 3 is 2.41 bits per heavy atom. The van der Waals surface area contributed by atoms with E-state index in [0.29, 0.717) is 5.41 Å². The van der Waals surface area contributed by atoms with Gasteiger partial charge in [0.15, 0.2) is 0 Å². The summed E-state index contributed by atoms with van der Waals surface area (Å²) < 4.78 is 0. The van der Waals surface area contributed by atoms with Crippen molar-refractivity contribution in [1.29, 1.82) is 0 Å². The first-order valence-electron chi connectivity index (χ1n) is 12.4. The van der Waals surface area contributed by atoms with Crippen LogP contribution in [0.25, 0.3) is 0 Å². The first-order valence-corrected chi connectivity index (χ1v) is 14.9. The Bertz CT molecular complexity index is 512. The summed E-state index contributed by atoms with van der Waals surface area (Å²) in [7, 11) is 0. The monoisotopic (exact) mass is 438 g/mol. The van der Waals surface area contributed by atoms with Gasteiger partial charge in [0.05, 0.1) is 0 Å². The maximum absolute atomic E-state index is 2.75. The van der Waals surface area contributed by atoms with E-state index < -0.39 is 0 Å². The molecule has 156 valence electrons. The fraction of sp³-hybridized carbons (Fsp3) is 1.00. The topological polar surface area (TPSA) is 0 Å². The normalized spacial score (nSPS) is 48.0. The zero-order valence-corrected chi connectivity index (χ0v) is 20.6. The van der Waals surface area contributed by atoms with Gasteiger partial charge in [0.1, 0.15) is 0 Å². The predicted octanol–water partition coefficient (Wildman–Crippen LogP) is 7.87. The third kappa shape index (κ3) is 3.60. The summed E-state index contributed by atoms with van der Waals surface area (Å²) in [4.78, 5) is 0. The molecule has 0 bridgehead atoms. The van der Waals surface area contributed by atoms with Crippen LogP contribution in [0.5, 0.6) is 0 Å². The van der Waals surface area contributed by atoms with Crippen molar-refractivity contribution in [1.82, 2.24) is 0 Å². The van der Waals surface area contributed by atoms with Gasteiger partial charge in [-0.1, -0.05) is 13.8 Å². The van der Waals surface area contributed by atoms with Gasteiger partial charge in [0, 0.05) is 0 Å².